The average molecular weight is 340 g/mol. The minimum absolute atomic E-state index is 0.00443. The highest BCUT2D eigenvalue weighted by Crippen LogP contribution is 2.19. The number of sulfonamides is 1. The van der Waals surface area contributed by atoms with E-state index in [0.29, 0.717) is 10.9 Å². The molecule has 0 aliphatic carbocycles. The van der Waals surface area contributed by atoms with Crippen molar-refractivity contribution in [1.82, 2.24) is 4.72 Å². The lowest BCUT2D eigenvalue weighted by Crippen LogP contribution is -2.29. The molecule has 0 spiro atoms. The standard InChI is InChI=1S/C11H15BrFNO3S/c1-8(4-5-15)7-14-18(16,17)11-3-2-9(12)6-10(11)13/h2-3,6,8,14-15H,4-5,7H2,1H3. The topological polar surface area (TPSA) is 66.4 Å². The Morgan fingerprint density at radius 2 is 2.17 bits per heavy atom. The van der Waals surface area contributed by atoms with E-state index < -0.39 is 15.8 Å². The summed E-state index contributed by atoms with van der Waals surface area (Å²) in [6.45, 7) is 1.96. The zero-order valence-electron chi connectivity index (χ0n) is 9.86. The Hall–Kier alpha value is -0.500. The van der Waals surface area contributed by atoms with Gasteiger partial charge in [0.2, 0.25) is 10.0 Å². The van der Waals surface area contributed by atoms with Gasteiger partial charge in [-0.2, -0.15) is 0 Å². The molecule has 1 atom stereocenters. The minimum Gasteiger partial charge on any atom is -0.396 e. The summed E-state index contributed by atoms with van der Waals surface area (Å²) < 4.78 is 40.0. The molecule has 0 aliphatic rings. The summed E-state index contributed by atoms with van der Waals surface area (Å²) in [6.07, 6.45) is 0.491. The van der Waals surface area contributed by atoms with Crippen LogP contribution in [0.3, 0.4) is 0 Å². The van der Waals surface area contributed by atoms with Gasteiger partial charge in [-0.3, -0.25) is 0 Å². The van der Waals surface area contributed by atoms with Gasteiger partial charge in [-0.1, -0.05) is 22.9 Å². The van der Waals surface area contributed by atoms with Crippen LogP contribution in [0.15, 0.2) is 27.6 Å². The second kappa shape index (κ2) is 6.60. The fraction of sp³-hybridized carbons (Fsp3) is 0.455. The lowest BCUT2D eigenvalue weighted by atomic mass is 10.1. The molecular formula is C11H15BrFNO3S. The van der Waals surface area contributed by atoms with Gasteiger partial charge in [-0.15, -0.1) is 0 Å². The predicted octanol–water partition coefficient (Wildman–Crippen LogP) is 1.89. The highest BCUT2D eigenvalue weighted by atomic mass is 79.9. The first-order valence-corrected chi connectivity index (χ1v) is 7.70. The summed E-state index contributed by atoms with van der Waals surface area (Å²) in [5.41, 5.74) is 0. The maximum absolute atomic E-state index is 13.5. The van der Waals surface area contributed by atoms with E-state index in [1.165, 1.54) is 12.1 Å². The quantitative estimate of drug-likeness (QED) is 0.831. The van der Waals surface area contributed by atoms with Crippen LogP contribution in [-0.4, -0.2) is 26.7 Å². The molecule has 1 aromatic rings. The molecular weight excluding hydrogens is 325 g/mol. The highest BCUT2D eigenvalue weighted by Gasteiger charge is 2.19. The third-order valence-electron chi connectivity index (χ3n) is 2.43. The van der Waals surface area contributed by atoms with Crippen molar-refractivity contribution in [2.24, 2.45) is 5.92 Å². The molecule has 0 fully saturated rings. The Morgan fingerprint density at radius 1 is 1.50 bits per heavy atom. The summed E-state index contributed by atoms with van der Waals surface area (Å²) in [5, 5.41) is 8.72. The number of nitrogens with one attached hydrogen (secondary N) is 1. The van der Waals surface area contributed by atoms with Crippen molar-refractivity contribution in [3.8, 4) is 0 Å². The van der Waals surface area contributed by atoms with Crippen LogP contribution >= 0.6 is 15.9 Å². The van der Waals surface area contributed by atoms with Gasteiger partial charge in [0, 0.05) is 17.6 Å². The molecule has 102 valence electrons. The zero-order valence-corrected chi connectivity index (χ0v) is 12.3. The van der Waals surface area contributed by atoms with Crippen molar-refractivity contribution in [3.63, 3.8) is 0 Å². The molecule has 0 bridgehead atoms. The van der Waals surface area contributed by atoms with Crippen molar-refractivity contribution in [1.29, 1.82) is 0 Å². The SMILES string of the molecule is CC(CCO)CNS(=O)(=O)c1ccc(Br)cc1F. The van der Waals surface area contributed by atoms with E-state index in [0.717, 1.165) is 6.07 Å². The van der Waals surface area contributed by atoms with Gasteiger partial charge in [0.15, 0.2) is 0 Å². The Balaban J connectivity index is 2.80. The maximum atomic E-state index is 13.5. The maximum Gasteiger partial charge on any atom is 0.243 e. The summed E-state index contributed by atoms with van der Waals surface area (Å²) in [4.78, 5) is -0.373. The lowest BCUT2D eigenvalue weighted by molar-refractivity contribution is 0.263. The van der Waals surface area contributed by atoms with Crippen LogP contribution in [0.1, 0.15) is 13.3 Å². The molecule has 2 N–H and O–H groups in total. The van der Waals surface area contributed by atoms with Crippen LogP contribution in [-0.2, 0) is 10.0 Å². The van der Waals surface area contributed by atoms with Crippen molar-refractivity contribution in [3.05, 3.63) is 28.5 Å². The van der Waals surface area contributed by atoms with E-state index >= 15 is 0 Å². The van der Waals surface area contributed by atoms with Crippen molar-refractivity contribution in [2.75, 3.05) is 13.2 Å². The monoisotopic (exact) mass is 339 g/mol. The molecule has 7 heteroatoms. The zero-order chi connectivity index (χ0) is 13.8. The highest BCUT2D eigenvalue weighted by molar-refractivity contribution is 9.10. The van der Waals surface area contributed by atoms with E-state index in [2.05, 4.69) is 20.7 Å². The second-order valence-corrected chi connectivity index (χ2v) is 6.70. The molecule has 18 heavy (non-hydrogen) atoms. The number of hydrogen-bond acceptors (Lipinski definition) is 3. The van der Waals surface area contributed by atoms with Crippen LogP contribution < -0.4 is 4.72 Å². The van der Waals surface area contributed by atoms with E-state index in [4.69, 9.17) is 5.11 Å². The van der Waals surface area contributed by atoms with Crippen molar-refractivity contribution < 1.29 is 17.9 Å². The van der Waals surface area contributed by atoms with Gasteiger partial charge in [0.1, 0.15) is 10.7 Å². The third-order valence-corrected chi connectivity index (χ3v) is 4.38. The summed E-state index contributed by atoms with van der Waals surface area (Å²) >= 11 is 3.06. The van der Waals surface area contributed by atoms with Gasteiger partial charge >= 0.3 is 0 Å². The molecule has 1 unspecified atom stereocenters. The second-order valence-electron chi connectivity index (χ2n) is 4.04. The van der Waals surface area contributed by atoms with Gasteiger partial charge in [-0.25, -0.2) is 17.5 Å². The fourth-order valence-corrected chi connectivity index (χ4v) is 2.90. The molecule has 0 aromatic heterocycles. The summed E-state index contributed by atoms with van der Waals surface area (Å²) in [6, 6.07) is 3.78. The van der Waals surface area contributed by atoms with E-state index in [9.17, 15) is 12.8 Å². The number of aliphatic hydroxyl groups is 1. The first-order chi connectivity index (χ1) is 8.36. The Morgan fingerprint density at radius 3 is 2.72 bits per heavy atom. The van der Waals surface area contributed by atoms with Gasteiger partial charge < -0.3 is 5.11 Å². The van der Waals surface area contributed by atoms with Gasteiger partial charge in [0.05, 0.1) is 0 Å². The molecule has 0 heterocycles. The number of benzene rings is 1. The molecule has 0 saturated carbocycles. The smallest absolute Gasteiger partial charge is 0.243 e. The van der Waals surface area contributed by atoms with Crippen molar-refractivity contribution in [2.45, 2.75) is 18.2 Å². The van der Waals surface area contributed by atoms with Crippen LogP contribution in [0.5, 0.6) is 0 Å². The average Bonchev–Trinajstić information content (AvgIpc) is 2.26. The summed E-state index contributed by atoms with van der Waals surface area (Å²) in [5.74, 6) is -0.810. The molecule has 1 rings (SSSR count). The number of halogens is 2. The lowest BCUT2D eigenvalue weighted by Gasteiger charge is -2.12. The Labute approximate surface area is 114 Å². The van der Waals surface area contributed by atoms with Crippen LogP contribution in [0.4, 0.5) is 4.39 Å². The third kappa shape index (κ3) is 4.31. The number of aliphatic hydroxyl groups excluding tert-OH is 1. The fourth-order valence-electron chi connectivity index (χ4n) is 1.35. The number of hydrogen-bond donors (Lipinski definition) is 2. The van der Waals surface area contributed by atoms with E-state index in [1.807, 2.05) is 0 Å². The molecule has 0 aliphatic heterocycles. The Kier molecular flexibility index (Phi) is 5.71. The normalized spacial score (nSPS) is 13.6. The summed E-state index contributed by atoms with van der Waals surface area (Å²) in [7, 11) is -3.85. The van der Waals surface area contributed by atoms with Crippen LogP contribution in [0.25, 0.3) is 0 Å². The molecule has 1 aromatic carbocycles. The molecule has 4 nitrogen and oxygen atoms in total. The first-order valence-electron chi connectivity index (χ1n) is 5.42. The minimum atomic E-state index is -3.85. The van der Waals surface area contributed by atoms with E-state index in [-0.39, 0.29) is 24.0 Å². The largest absolute Gasteiger partial charge is 0.396 e. The van der Waals surface area contributed by atoms with E-state index in [1.54, 1.807) is 6.92 Å². The van der Waals surface area contributed by atoms with Crippen LogP contribution in [0, 0.1) is 11.7 Å². The van der Waals surface area contributed by atoms with Gasteiger partial charge in [-0.05, 0) is 30.5 Å². The number of rotatable bonds is 6. The predicted molar refractivity (Wildman–Crippen MR) is 70.2 cm³/mol. The Bertz CT molecular complexity index is 507. The molecule has 0 saturated heterocycles. The van der Waals surface area contributed by atoms with Crippen molar-refractivity contribution >= 4 is 26.0 Å². The molecule has 0 radical (unpaired) electrons. The first kappa shape index (κ1) is 15.6. The molecule has 0 amide bonds. The van der Waals surface area contributed by atoms with Gasteiger partial charge in [0.25, 0.3) is 0 Å². The van der Waals surface area contributed by atoms with Crippen LogP contribution in [0.2, 0.25) is 0 Å².